The molecule has 2 aromatic carbocycles. The molecule has 0 amide bonds. The largest absolute Gasteiger partial charge is 0.465 e. The average Bonchev–Trinajstić information content (AvgIpc) is 2.55. The lowest BCUT2D eigenvalue weighted by molar-refractivity contribution is -0.385. The van der Waals surface area contributed by atoms with Crippen LogP contribution in [0.3, 0.4) is 0 Å². The van der Waals surface area contributed by atoms with Gasteiger partial charge < -0.3 is 9.47 Å². The van der Waals surface area contributed by atoms with Crippen molar-refractivity contribution >= 4 is 17.3 Å². The minimum atomic E-state index is -0.745. The maximum atomic E-state index is 11.6. The van der Waals surface area contributed by atoms with E-state index in [1.165, 1.54) is 48.5 Å². The van der Waals surface area contributed by atoms with Crippen molar-refractivity contribution in [2.24, 2.45) is 0 Å². The summed E-state index contributed by atoms with van der Waals surface area (Å²) in [6.45, 7) is 0. The monoisotopic (exact) mass is 330 g/mol. The first-order valence-electron chi connectivity index (χ1n) is 6.49. The fourth-order valence-electron chi connectivity index (χ4n) is 1.60. The third-order valence-corrected chi connectivity index (χ3v) is 2.72. The van der Waals surface area contributed by atoms with Crippen LogP contribution in [0.2, 0.25) is 0 Å². The molecule has 9 nitrogen and oxygen atoms in total. The van der Waals surface area contributed by atoms with E-state index < -0.39 is 15.8 Å². The Morgan fingerprint density at radius 2 is 1.29 bits per heavy atom. The molecule has 0 aliphatic carbocycles. The number of nitro groups is 2. The minimum Gasteiger partial charge on any atom is -0.465 e. The first-order chi connectivity index (χ1) is 11.5. The van der Waals surface area contributed by atoms with Gasteiger partial charge in [-0.1, -0.05) is 0 Å². The lowest BCUT2D eigenvalue weighted by Gasteiger charge is -2.01. The number of nitro benzene ring substituents is 2. The second-order valence-electron chi connectivity index (χ2n) is 4.34. The van der Waals surface area contributed by atoms with Gasteiger partial charge in [0.05, 0.1) is 22.2 Å². The quantitative estimate of drug-likeness (QED) is 0.199. The van der Waals surface area contributed by atoms with Crippen molar-refractivity contribution < 1.29 is 24.1 Å². The van der Waals surface area contributed by atoms with Gasteiger partial charge in [-0.15, -0.1) is 0 Å². The molecule has 0 atom stereocenters. The predicted molar refractivity (Wildman–Crippen MR) is 81.6 cm³/mol. The fraction of sp³-hybridized carbons (Fsp3) is 0. The van der Waals surface area contributed by atoms with Crippen LogP contribution in [-0.2, 0) is 4.79 Å². The van der Waals surface area contributed by atoms with Gasteiger partial charge in [0.15, 0.2) is 0 Å². The number of esters is 1. The number of nitrogens with zero attached hydrogens (tertiary/aromatic N) is 2. The number of hydrogen-bond donors (Lipinski definition) is 0. The molecule has 0 saturated carbocycles. The zero-order chi connectivity index (χ0) is 17.5. The molecule has 0 aromatic heterocycles. The summed E-state index contributed by atoms with van der Waals surface area (Å²) in [4.78, 5) is 31.4. The molecule has 2 aromatic rings. The maximum Gasteiger partial charge on any atom is 0.339 e. The van der Waals surface area contributed by atoms with E-state index in [1.54, 1.807) is 0 Å². The van der Waals surface area contributed by atoms with E-state index in [0.29, 0.717) is 5.75 Å². The molecule has 0 saturated heterocycles. The second-order valence-corrected chi connectivity index (χ2v) is 4.34. The van der Waals surface area contributed by atoms with E-state index in [4.69, 9.17) is 9.47 Å². The number of carbonyl (C=O) groups excluding carboxylic acids is 1. The highest BCUT2D eigenvalue weighted by Crippen LogP contribution is 2.18. The summed E-state index contributed by atoms with van der Waals surface area (Å²) >= 11 is 0. The summed E-state index contributed by atoms with van der Waals surface area (Å²) in [5, 5.41) is 21.0. The lowest BCUT2D eigenvalue weighted by Crippen LogP contribution is -2.04. The molecule has 0 radical (unpaired) electrons. The second kappa shape index (κ2) is 7.49. The van der Waals surface area contributed by atoms with Crippen molar-refractivity contribution in [3.05, 3.63) is 81.1 Å². The number of carbonyl (C=O) groups is 1. The van der Waals surface area contributed by atoms with Crippen LogP contribution in [0.1, 0.15) is 0 Å². The summed E-state index contributed by atoms with van der Waals surface area (Å²) in [5.41, 5.74) is -0.198. The van der Waals surface area contributed by atoms with Crippen LogP contribution in [-0.4, -0.2) is 15.8 Å². The molecule has 24 heavy (non-hydrogen) atoms. The van der Waals surface area contributed by atoms with Crippen molar-refractivity contribution in [3.8, 4) is 11.5 Å². The Bertz CT molecular complexity index is 782. The highest BCUT2D eigenvalue weighted by molar-refractivity contribution is 5.83. The number of benzene rings is 2. The standard InChI is InChI=1S/C15H10N2O7/c18-15(24-14-7-3-12(4-8-14)17(21)22)9-10-23-13-5-1-11(2-6-13)16(19)20/h1-10H/b10-9+. The van der Waals surface area contributed by atoms with E-state index in [9.17, 15) is 25.0 Å². The van der Waals surface area contributed by atoms with E-state index in [2.05, 4.69) is 0 Å². The number of non-ortho nitro benzene ring substituents is 2. The van der Waals surface area contributed by atoms with Crippen molar-refractivity contribution in [2.75, 3.05) is 0 Å². The molecule has 9 heteroatoms. The van der Waals surface area contributed by atoms with Gasteiger partial charge in [0.2, 0.25) is 0 Å². The molecule has 0 aliphatic rings. The molecular formula is C15H10N2O7. The Morgan fingerprint density at radius 3 is 1.75 bits per heavy atom. The zero-order valence-electron chi connectivity index (χ0n) is 12.0. The molecule has 0 spiro atoms. The Hall–Kier alpha value is -3.75. The topological polar surface area (TPSA) is 122 Å². The Labute approximate surface area is 135 Å². The average molecular weight is 330 g/mol. The Balaban J connectivity index is 1.88. The molecular weight excluding hydrogens is 320 g/mol. The molecule has 0 aliphatic heterocycles. The van der Waals surface area contributed by atoms with Crippen LogP contribution < -0.4 is 9.47 Å². The summed E-state index contributed by atoms with van der Waals surface area (Å²) in [6.07, 6.45) is 2.07. The maximum absolute atomic E-state index is 11.6. The first kappa shape index (κ1) is 16.6. The van der Waals surface area contributed by atoms with Crippen LogP contribution in [0, 0.1) is 20.2 Å². The van der Waals surface area contributed by atoms with Gasteiger partial charge in [0, 0.05) is 24.3 Å². The lowest BCUT2D eigenvalue weighted by atomic mass is 10.3. The van der Waals surface area contributed by atoms with Crippen molar-refractivity contribution in [1.29, 1.82) is 0 Å². The van der Waals surface area contributed by atoms with Gasteiger partial charge >= 0.3 is 5.97 Å². The minimum absolute atomic E-state index is 0.0797. The highest BCUT2D eigenvalue weighted by atomic mass is 16.6. The van der Waals surface area contributed by atoms with Crippen LogP contribution in [0.4, 0.5) is 11.4 Å². The molecule has 0 heterocycles. The van der Waals surface area contributed by atoms with Crippen LogP contribution in [0.15, 0.2) is 60.9 Å². The SMILES string of the molecule is O=C(/C=C/Oc1ccc([N+](=O)[O-])cc1)Oc1ccc([N+](=O)[O-])cc1. The van der Waals surface area contributed by atoms with Gasteiger partial charge in [-0.3, -0.25) is 20.2 Å². The number of hydrogen-bond acceptors (Lipinski definition) is 7. The zero-order valence-corrected chi connectivity index (χ0v) is 12.0. The van der Waals surface area contributed by atoms with Gasteiger partial charge in [-0.25, -0.2) is 4.79 Å². The van der Waals surface area contributed by atoms with Gasteiger partial charge in [-0.2, -0.15) is 0 Å². The van der Waals surface area contributed by atoms with Crippen LogP contribution in [0.5, 0.6) is 11.5 Å². The normalized spacial score (nSPS) is 10.3. The fourth-order valence-corrected chi connectivity index (χ4v) is 1.60. The predicted octanol–water partition coefficient (Wildman–Crippen LogP) is 3.00. The third-order valence-electron chi connectivity index (χ3n) is 2.72. The van der Waals surface area contributed by atoms with Crippen molar-refractivity contribution in [1.82, 2.24) is 0 Å². The first-order valence-corrected chi connectivity index (χ1v) is 6.49. The third kappa shape index (κ3) is 4.63. The molecule has 0 bridgehead atoms. The van der Waals surface area contributed by atoms with Crippen molar-refractivity contribution in [2.45, 2.75) is 0 Å². The van der Waals surface area contributed by atoms with Crippen LogP contribution >= 0.6 is 0 Å². The van der Waals surface area contributed by atoms with E-state index >= 15 is 0 Å². The number of ether oxygens (including phenoxy) is 2. The van der Waals surface area contributed by atoms with Crippen molar-refractivity contribution in [3.63, 3.8) is 0 Å². The highest BCUT2D eigenvalue weighted by Gasteiger charge is 2.07. The summed E-state index contributed by atoms with van der Waals surface area (Å²) in [5.74, 6) is -0.295. The Kier molecular flexibility index (Phi) is 5.19. The van der Waals surface area contributed by atoms with E-state index in [-0.39, 0.29) is 17.1 Å². The summed E-state index contributed by atoms with van der Waals surface area (Å²) < 4.78 is 10.0. The van der Waals surface area contributed by atoms with Gasteiger partial charge in [0.1, 0.15) is 11.5 Å². The molecule has 122 valence electrons. The molecule has 0 fully saturated rings. The van der Waals surface area contributed by atoms with Crippen LogP contribution in [0.25, 0.3) is 0 Å². The Morgan fingerprint density at radius 1 is 0.833 bits per heavy atom. The number of rotatable bonds is 6. The van der Waals surface area contributed by atoms with E-state index in [0.717, 1.165) is 12.3 Å². The summed E-state index contributed by atoms with van der Waals surface area (Å²) in [6, 6.07) is 10.3. The van der Waals surface area contributed by atoms with E-state index in [1.807, 2.05) is 0 Å². The van der Waals surface area contributed by atoms with Gasteiger partial charge in [0.25, 0.3) is 11.4 Å². The smallest absolute Gasteiger partial charge is 0.339 e. The summed E-state index contributed by atoms with van der Waals surface area (Å²) in [7, 11) is 0. The van der Waals surface area contributed by atoms with Gasteiger partial charge in [-0.05, 0) is 24.3 Å². The molecule has 2 rings (SSSR count). The molecule has 0 N–H and O–H groups in total. The molecule has 0 unspecified atom stereocenters.